The third-order valence-electron chi connectivity index (χ3n) is 3.64. The molecule has 0 aliphatic carbocycles. The van der Waals surface area contributed by atoms with E-state index in [0.717, 1.165) is 5.56 Å². The number of carbonyl (C=O) groups excluding carboxylic acids is 2. The number of nitrogens with zero attached hydrogens (tertiary/aromatic N) is 1. The molecule has 0 atom stereocenters. The zero-order valence-electron chi connectivity index (χ0n) is 13.8. The van der Waals surface area contributed by atoms with Crippen LogP contribution in [-0.4, -0.2) is 16.9 Å². The molecule has 1 amide bonds. The number of amides is 1. The number of carbonyl (C=O) groups is 2. The van der Waals surface area contributed by atoms with Crippen LogP contribution < -0.4 is 5.32 Å². The van der Waals surface area contributed by atoms with Crippen LogP contribution in [0.15, 0.2) is 53.0 Å². The van der Waals surface area contributed by atoms with E-state index in [9.17, 15) is 14.0 Å². The number of hydrogen-bond acceptors (Lipinski definition) is 4. The minimum atomic E-state index is -0.727. The first kappa shape index (κ1) is 18.0. The van der Waals surface area contributed by atoms with Crippen molar-refractivity contribution >= 4 is 44.4 Å². The standard InChI is InChI=1S/C19H14BrFN2O3/c1-11(24)18-17(8-13-7-15(21)14(20)9-16(13)22-18)23-19(25)26-10-12-5-3-2-4-6-12/h2-9H,10H2,1H3,(H,23,25). The molecule has 0 spiro atoms. The summed E-state index contributed by atoms with van der Waals surface area (Å²) < 4.78 is 19.2. The van der Waals surface area contributed by atoms with Gasteiger partial charge in [-0.15, -0.1) is 0 Å². The molecular formula is C19H14BrFN2O3. The number of pyridine rings is 1. The SMILES string of the molecule is CC(=O)c1nc2cc(Br)c(F)cc2cc1NC(=O)OCc1ccccc1. The van der Waals surface area contributed by atoms with Gasteiger partial charge < -0.3 is 4.74 Å². The number of hydrogen-bond donors (Lipinski definition) is 1. The number of fused-ring (bicyclic) bond motifs is 1. The Balaban J connectivity index is 1.85. The Morgan fingerprint density at radius 1 is 1.19 bits per heavy atom. The summed E-state index contributed by atoms with van der Waals surface area (Å²) in [5.41, 5.74) is 1.52. The zero-order chi connectivity index (χ0) is 18.7. The Hall–Kier alpha value is -2.80. The van der Waals surface area contributed by atoms with Crippen LogP contribution in [0.5, 0.6) is 0 Å². The third kappa shape index (κ3) is 4.05. The third-order valence-corrected chi connectivity index (χ3v) is 4.25. The lowest BCUT2D eigenvalue weighted by atomic mass is 10.1. The van der Waals surface area contributed by atoms with E-state index < -0.39 is 11.9 Å². The van der Waals surface area contributed by atoms with Crippen molar-refractivity contribution in [3.05, 3.63) is 70.1 Å². The topological polar surface area (TPSA) is 68.3 Å². The van der Waals surface area contributed by atoms with Gasteiger partial charge in [-0.2, -0.15) is 0 Å². The van der Waals surface area contributed by atoms with Crippen molar-refractivity contribution in [2.75, 3.05) is 5.32 Å². The fourth-order valence-corrected chi connectivity index (χ4v) is 2.73. The number of ketones is 1. The van der Waals surface area contributed by atoms with Gasteiger partial charge in [-0.05, 0) is 39.7 Å². The molecule has 0 bridgehead atoms. The van der Waals surface area contributed by atoms with Crippen molar-refractivity contribution < 1.29 is 18.7 Å². The fraction of sp³-hybridized carbons (Fsp3) is 0.105. The first-order chi connectivity index (χ1) is 12.4. The van der Waals surface area contributed by atoms with E-state index in [2.05, 4.69) is 26.2 Å². The molecule has 0 fully saturated rings. The van der Waals surface area contributed by atoms with Crippen molar-refractivity contribution in [2.45, 2.75) is 13.5 Å². The number of anilines is 1. The molecule has 1 aromatic heterocycles. The van der Waals surface area contributed by atoms with Crippen LogP contribution in [0.4, 0.5) is 14.9 Å². The van der Waals surface area contributed by atoms with Gasteiger partial charge in [0.25, 0.3) is 0 Å². The van der Waals surface area contributed by atoms with Crippen molar-refractivity contribution in [1.29, 1.82) is 0 Å². The van der Waals surface area contributed by atoms with Gasteiger partial charge in [0.15, 0.2) is 5.78 Å². The van der Waals surface area contributed by atoms with E-state index in [-0.39, 0.29) is 28.2 Å². The van der Waals surface area contributed by atoms with Gasteiger partial charge in [-0.3, -0.25) is 10.1 Å². The van der Waals surface area contributed by atoms with Crippen LogP contribution in [0.3, 0.4) is 0 Å². The van der Waals surface area contributed by atoms with Gasteiger partial charge in [0.2, 0.25) is 0 Å². The molecular weight excluding hydrogens is 403 g/mol. The quantitative estimate of drug-likeness (QED) is 0.601. The van der Waals surface area contributed by atoms with Gasteiger partial charge in [-0.25, -0.2) is 14.2 Å². The molecule has 0 aliphatic heterocycles. The first-order valence-corrected chi connectivity index (χ1v) is 8.52. The second-order valence-corrected chi connectivity index (χ2v) is 6.44. The Bertz CT molecular complexity index is 993. The van der Waals surface area contributed by atoms with Crippen molar-refractivity contribution in [3.8, 4) is 0 Å². The highest BCUT2D eigenvalue weighted by molar-refractivity contribution is 9.10. The van der Waals surface area contributed by atoms with Gasteiger partial charge in [0.05, 0.1) is 15.7 Å². The number of ether oxygens (including phenoxy) is 1. The minimum absolute atomic E-state index is 0.0765. The Morgan fingerprint density at radius 3 is 2.62 bits per heavy atom. The lowest BCUT2D eigenvalue weighted by Gasteiger charge is -2.11. The normalized spacial score (nSPS) is 10.6. The maximum absolute atomic E-state index is 13.8. The van der Waals surface area contributed by atoms with Crippen LogP contribution in [0.25, 0.3) is 10.9 Å². The molecule has 7 heteroatoms. The molecule has 0 aliphatic rings. The summed E-state index contributed by atoms with van der Waals surface area (Å²) in [5, 5.41) is 2.96. The summed E-state index contributed by atoms with van der Waals surface area (Å²) in [6.45, 7) is 1.43. The van der Waals surface area contributed by atoms with Crippen LogP contribution in [-0.2, 0) is 11.3 Å². The van der Waals surface area contributed by atoms with E-state index in [1.807, 2.05) is 30.3 Å². The second kappa shape index (κ2) is 7.61. The predicted octanol–water partition coefficient (Wildman–Crippen LogP) is 5.09. The minimum Gasteiger partial charge on any atom is -0.444 e. The van der Waals surface area contributed by atoms with Crippen LogP contribution in [0.2, 0.25) is 0 Å². The molecule has 26 heavy (non-hydrogen) atoms. The molecule has 1 N–H and O–H groups in total. The first-order valence-electron chi connectivity index (χ1n) is 7.72. The lowest BCUT2D eigenvalue weighted by molar-refractivity contribution is 0.101. The van der Waals surface area contributed by atoms with Crippen molar-refractivity contribution in [2.24, 2.45) is 0 Å². The van der Waals surface area contributed by atoms with E-state index in [1.165, 1.54) is 25.1 Å². The highest BCUT2D eigenvalue weighted by Crippen LogP contribution is 2.26. The fourth-order valence-electron chi connectivity index (χ4n) is 2.40. The predicted molar refractivity (Wildman–Crippen MR) is 99.7 cm³/mol. The summed E-state index contributed by atoms with van der Waals surface area (Å²) in [5.74, 6) is -0.793. The average Bonchev–Trinajstić information content (AvgIpc) is 2.61. The molecule has 0 unspecified atom stereocenters. The molecule has 2 aromatic carbocycles. The highest BCUT2D eigenvalue weighted by Gasteiger charge is 2.15. The van der Waals surface area contributed by atoms with Crippen LogP contribution in [0, 0.1) is 5.82 Å². The van der Waals surface area contributed by atoms with E-state index >= 15 is 0 Å². The molecule has 5 nitrogen and oxygen atoms in total. The Kier molecular flexibility index (Phi) is 5.27. The van der Waals surface area contributed by atoms with Crippen LogP contribution >= 0.6 is 15.9 Å². The molecule has 3 aromatic rings. The lowest BCUT2D eigenvalue weighted by Crippen LogP contribution is -2.16. The largest absolute Gasteiger partial charge is 0.444 e. The number of rotatable bonds is 4. The van der Waals surface area contributed by atoms with E-state index in [1.54, 1.807) is 0 Å². The number of aromatic nitrogens is 1. The highest BCUT2D eigenvalue weighted by atomic mass is 79.9. The van der Waals surface area contributed by atoms with Crippen LogP contribution in [0.1, 0.15) is 23.0 Å². The van der Waals surface area contributed by atoms with E-state index in [4.69, 9.17) is 4.74 Å². The van der Waals surface area contributed by atoms with Crippen molar-refractivity contribution in [3.63, 3.8) is 0 Å². The van der Waals surface area contributed by atoms with Gasteiger partial charge in [-0.1, -0.05) is 30.3 Å². The maximum atomic E-state index is 13.8. The van der Waals surface area contributed by atoms with E-state index in [0.29, 0.717) is 10.9 Å². The summed E-state index contributed by atoms with van der Waals surface area (Å²) in [6, 6.07) is 13.4. The smallest absolute Gasteiger partial charge is 0.412 e. The molecule has 0 saturated carbocycles. The Labute approximate surface area is 157 Å². The van der Waals surface area contributed by atoms with Gasteiger partial charge in [0.1, 0.15) is 18.1 Å². The number of Topliss-reactive ketones (excluding diaryl/α,β-unsaturated/α-hetero) is 1. The number of halogens is 2. The monoisotopic (exact) mass is 416 g/mol. The van der Waals surface area contributed by atoms with Gasteiger partial charge in [0, 0.05) is 12.3 Å². The molecule has 1 heterocycles. The maximum Gasteiger partial charge on any atom is 0.412 e. The van der Waals surface area contributed by atoms with Crippen molar-refractivity contribution in [1.82, 2.24) is 4.98 Å². The molecule has 132 valence electrons. The average molecular weight is 417 g/mol. The second-order valence-electron chi connectivity index (χ2n) is 5.59. The summed E-state index contributed by atoms with van der Waals surface area (Å²) >= 11 is 3.09. The number of nitrogens with one attached hydrogen (secondary N) is 1. The van der Waals surface area contributed by atoms with Gasteiger partial charge >= 0.3 is 6.09 Å². The molecule has 0 saturated heterocycles. The summed E-state index contributed by atoms with van der Waals surface area (Å²) in [6.07, 6.45) is -0.727. The molecule has 0 radical (unpaired) electrons. The number of benzene rings is 2. The molecule has 3 rings (SSSR count). The summed E-state index contributed by atoms with van der Waals surface area (Å²) in [7, 11) is 0. The summed E-state index contributed by atoms with van der Waals surface area (Å²) in [4.78, 5) is 28.2. The zero-order valence-corrected chi connectivity index (χ0v) is 15.3. The Morgan fingerprint density at radius 2 is 1.92 bits per heavy atom.